The van der Waals surface area contributed by atoms with E-state index in [1.807, 2.05) is 12.1 Å². The number of nitrogens with two attached hydrogens (primary N) is 1. The van der Waals surface area contributed by atoms with Crippen LogP contribution in [0.1, 0.15) is 10.4 Å². The Morgan fingerprint density at radius 1 is 1.20 bits per heavy atom. The third kappa shape index (κ3) is 3.38. The van der Waals surface area contributed by atoms with E-state index in [0.717, 1.165) is 13.4 Å². The molecule has 0 aliphatic carbocycles. The first kappa shape index (κ1) is 15.4. The number of hydrazine groups is 1. The highest BCUT2D eigenvalue weighted by atomic mass is 79.9. The maximum absolute atomic E-state index is 12.3. The Morgan fingerprint density at radius 2 is 1.85 bits per heavy atom. The first-order valence-electron chi connectivity index (χ1n) is 5.39. The SMILES string of the molecule is NNc1cnccc1C(=O)Nc1c(Br)cc(Br)cc1Br. The van der Waals surface area contributed by atoms with Gasteiger partial charge in [-0.25, -0.2) is 0 Å². The molecule has 0 saturated heterocycles. The summed E-state index contributed by atoms with van der Waals surface area (Å²) in [4.78, 5) is 16.2. The predicted molar refractivity (Wildman–Crippen MR) is 89.5 cm³/mol. The van der Waals surface area contributed by atoms with Crippen LogP contribution < -0.4 is 16.6 Å². The van der Waals surface area contributed by atoms with Crippen LogP contribution >= 0.6 is 47.8 Å². The molecule has 1 aromatic heterocycles. The number of pyridine rings is 1. The van der Waals surface area contributed by atoms with Gasteiger partial charge in [0.15, 0.2) is 0 Å². The lowest BCUT2D eigenvalue weighted by molar-refractivity contribution is 0.102. The molecule has 0 aliphatic heterocycles. The molecule has 2 aromatic rings. The second-order valence-electron chi connectivity index (χ2n) is 3.76. The van der Waals surface area contributed by atoms with Crippen LogP contribution in [0.25, 0.3) is 0 Å². The number of nitrogens with zero attached hydrogens (tertiary/aromatic N) is 1. The number of carbonyl (C=O) groups is 1. The zero-order chi connectivity index (χ0) is 14.7. The Balaban J connectivity index is 2.33. The highest BCUT2D eigenvalue weighted by Crippen LogP contribution is 2.34. The highest BCUT2D eigenvalue weighted by molar-refractivity contribution is 9.11. The van der Waals surface area contributed by atoms with Crippen LogP contribution in [-0.2, 0) is 0 Å². The van der Waals surface area contributed by atoms with Crippen LogP contribution in [-0.4, -0.2) is 10.9 Å². The first-order chi connectivity index (χ1) is 9.52. The molecule has 0 atom stereocenters. The molecule has 0 saturated carbocycles. The summed E-state index contributed by atoms with van der Waals surface area (Å²) in [5.74, 6) is 5.08. The average molecular weight is 465 g/mol. The number of anilines is 2. The van der Waals surface area contributed by atoms with E-state index in [0.29, 0.717) is 16.9 Å². The second kappa shape index (κ2) is 6.66. The third-order valence-electron chi connectivity index (χ3n) is 2.47. The fourth-order valence-electron chi connectivity index (χ4n) is 1.55. The third-order valence-corrected chi connectivity index (χ3v) is 4.18. The topological polar surface area (TPSA) is 80.0 Å². The molecule has 4 N–H and O–H groups in total. The van der Waals surface area contributed by atoms with Gasteiger partial charge in [-0.3, -0.25) is 15.6 Å². The summed E-state index contributed by atoms with van der Waals surface area (Å²) in [7, 11) is 0. The standard InChI is InChI=1S/C12H9Br3N4O/c13-6-3-8(14)11(9(15)4-6)18-12(20)7-1-2-17-5-10(7)19-16/h1-5,19H,16H2,(H,18,20). The number of halogens is 3. The van der Waals surface area contributed by atoms with Crippen LogP contribution in [0.4, 0.5) is 11.4 Å². The van der Waals surface area contributed by atoms with Crippen molar-refractivity contribution in [2.75, 3.05) is 10.7 Å². The largest absolute Gasteiger partial charge is 0.322 e. The Hall–Kier alpha value is -0.960. The van der Waals surface area contributed by atoms with Crippen molar-refractivity contribution in [1.29, 1.82) is 0 Å². The Kier molecular flexibility index (Phi) is 5.14. The van der Waals surface area contributed by atoms with E-state index < -0.39 is 0 Å². The molecule has 0 fully saturated rings. The summed E-state index contributed by atoms with van der Waals surface area (Å²) < 4.78 is 2.40. The van der Waals surface area contributed by atoms with Crippen LogP contribution in [0.5, 0.6) is 0 Å². The number of nitrogen functional groups attached to an aromatic ring is 1. The van der Waals surface area contributed by atoms with Gasteiger partial charge in [-0.05, 0) is 50.1 Å². The number of hydrogen-bond acceptors (Lipinski definition) is 4. The molecule has 0 spiro atoms. The lowest BCUT2D eigenvalue weighted by atomic mass is 10.2. The van der Waals surface area contributed by atoms with Crippen LogP contribution in [0.2, 0.25) is 0 Å². The summed E-state index contributed by atoms with van der Waals surface area (Å²) in [5.41, 5.74) is 3.94. The van der Waals surface area contributed by atoms with Gasteiger partial charge in [0.1, 0.15) is 0 Å². The molecule has 5 nitrogen and oxygen atoms in total. The number of carbonyl (C=O) groups excluding carboxylic acids is 1. The highest BCUT2D eigenvalue weighted by Gasteiger charge is 2.14. The molecule has 0 radical (unpaired) electrons. The van der Waals surface area contributed by atoms with Crippen LogP contribution in [0.3, 0.4) is 0 Å². The zero-order valence-electron chi connectivity index (χ0n) is 9.95. The molecule has 1 amide bonds. The summed E-state index contributed by atoms with van der Waals surface area (Å²) >= 11 is 10.2. The molecule has 0 unspecified atom stereocenters. The molecular formula is C12H9Br3N4O. The van der Waals surface area contributed by atoms with Crippen molar-refractivity contribution in [3.8, 4) is 0 Å². The van der Waals surface area contributed by atoms with Gasteiger partial charge in [-0.15, -0.1) is 0 Å². The van der Waals surface area contributed by atoms with E-state index in [1.165, 1.54) is 12.4 Å². The molecule has 104 valence electrons. The van der Waals surface area contributed by atoms with E-state index in [-0.39, 0.29) is 5.91 Å². The number of hydrogen-bond donors (Lipinski definition) is 3. The minimum atomic E-state index is -0.288. The van der Waals surface area contributed by atoms with Gasteiger partial charge in [0.05, 0.1) is 23.1 Å². The monoisotopic (exact) mass is 462 g/mol. The summed E-state index contributed by atoms with van der Waals surface area (Å²) in [5, 5.41) is 2.82. The Bertz CT molecular complexity index is 640. The van der Waals surface area contributed by atoms with Gasteiger partial charge in [0.25, 0.3) is 5.91 Å². The molecule has 1 heterocycles. The van der Waals surface area contributed by atoms with Crippen LogP contribution in [0, 0.1) is 0 Å². The van der Waals surface area contributed by atoms with E-state index in [4.69, 9.17) is 5.84 Å². The van der Waals surface area contributed by atoms with Crippen molar-refractivity contribution in [3.63, 3.8) is 0 Å². The maximum Gasteiger partial charge on any atom is 0.257 e. The van der Waals surface area contributed by atoms with Gasteiger partial charge >= 0.3 is 0 Å². The van der Waals surface area contributed by atoms with Crippen molar-refractivity contribution in [1.82, 2.24) is 4.98 Å². The van der Waals surface area contributed by atoms with Gasteiger partial charge in [0.2, 0.25) is 0 Å². The predicted octanol–water partition coefficient (Wildman–Crippen LogP) is 3.91. The fourth-order valence-corrected chi connectivity index (χ4v) is 4.01. The van der Waals surface area contributed by atoms with Crippen LogP contribution in [0.15, 0.2) is 44.0 Å². The van der Waals surface area contributed by atoms with E-state index in [9.17, 15) is 4.79 Å². The van der Waals surface area contributed by atoms with Crippen molar-refractivity contribution in [2.45, 2.75) is 0 Å². The number of aromatic nitrogens is 1. The smallest absolute Gasteiger partial charge is 0.257 e. The second-order valence-corrected chi connectivity index (χ2v) is 6.39. The minimum absolute atomic E-state index is 0.288. The van der Waals surface area contributed by atoms with E-state index in [1.54, 1.807) is 6.07 Å². The Morgan fingerprint density at radius 3 is 2.45 bits per heavy atom. The maximum atomic E-state index is 12.3. The lowest BCUT2D eigenvalue weighted by Gasteiger charge is -2.12. The molecule has 8 heteroatoms. The average Bonchev–Trinajstić information content (AvgIpc) is 2.42. The van der Waals surface area contributed by atoms with Gasteiger partial charge in [-0.1, -0.05) is 15.9 Å². The molecule has 0 bridgehead atoms. The van der Waals surface area contributed by atoms with Crippen molar-refractivity contribution in [3.05, 3.63) is 49.6 Å². The van der Waals surface area contributed by atoms with E-state index >= 15 is 0 Å². The molecule has 1 aromatic carbocycles. The minimum Gasteiger partial charge on any atom is -0.322 e. The molecule has 20 heavy (non-hydrogen) atoms. The lowest BCUT2D eigenvalue weighted by Crippen LogP contribution is -2.18. The molecule has 0 aliphatic rings. The fraction of sp³-hybridized carbons (Fsp3) is 0. The molecule has 2 rings (SSSR count). The number of rotatable bonds is 3. The number of amides is 1. The summed E-state index contributed by atoms with van der Waals surface area (Å²) in [6.07, 6.45) is 3.02. The normalized spacial score (nSPS) is 10.2. The summed E-state index contributed by atoms with van der Waals surface area (Å²) in [6.45, 7) is 0. The quantitative estimate of drug-likeness (QED) is 0.475. The van der Waals surface area contributed by atoms with Crippen molar-refractivity contribution in [2.24, 2.45) is 5.84 Å². The number of nitrogens with one attached hydrogen (secondary N) is 2. The van der Waals surface area contributed by atoms with Gasteiger partial charge < -0.3 is 10.7 Å². The van der Waals surface area contributed by atoms with Gasteiger partial charge in [-0.2, -0.15) is 0 Å². The van der Waals surface area contributed by atoms with Crippen molar-refractivity contribution < 1.29 is 4.79 Å². The zero-order valence-corrected chi connectivity index (χ0v) is 14.7. The molecular weight excluding hydrogens is 456 g/mol. The number of benzene rings is 1. The Labute approximate surface area is 140 Å². The van der Waals surface area contributed by atoms with Gasteiger partial charge in [0, 0.05) is 19.6 Å². The first-order valence-corrected chi connectivity index (χ1v) is 7.77. The van der Waals surface area contributed by atoms with Crippen molar-refractivity contribution >= 4 is 65.1 Å². The van der Waals surface area contributed by atoms with E-state index in [2.05, 4.69) is 63.5 Å². The summed E-state index contributed by atoms with van der Waals surface area (Å²) in [6, 6.07) is 5.27.